The molecule has 0 aromatic carbocycles. The second-order valence-corrected chi connectivity index (χ2v) is 13.7. The van der Waals surface area contributed by atoms with Gasteiger partial charge in [-0.3, -0.25) is 24.4 Å². The SMILES string of the molecule is COc1c(C)cnc(CN2C(=O)C(=Cc3[nH]c(C)c(C(=O)NCCN4CCN(C(=O)OC(C)(C)C)CC4)c3C)c3c(Cl)nc(N)nc32)c1C. The first-order chi connectivity index (χ1) is 23.1. The van der Waals surface area contributed by atoms with E-state index in [1.807, 2.05) is 48.5 Å². The number of ether oxygens (including phenoxy) is 2. The molecule has 0 radical (unpaired) electrons. The van der Waals surface area contributed by atoms with E-state index in [9.17, 15) is 14.4 Å². The van der Waals surface area contributed by atoms with Crippen LogP contribution >= 0.6 is 11.6 Å². The Labute approximate surface area is 291 Å². The van der Waals surface area contributed by atoms with Crippen LogP contribution in [0, 0.1) is 27.7 Å². The highest BCUT2D eigenvalue weighted by Gasteiger charge is 2.38. The lowest BCUT2D eigenvalue weighted by Crippen LogP contribution is -2.51. The number of fused-ring (bicyclic) bond motifs is 1. The van der Waals surface area contributed by atoms with Crippen LogP contribution in [0.15, 0.2) is 6.20 Å². The third-order valence-corrected chi connectivity index (χ3v) is 8.92. The van der Waals surface area contributed by atoms with Gasteiger partial charge in [0.25, 0.3) is 11.8 Å². The Morgan fingerprint density at radius 3 is 2.45 bits per heavy atom. The zero-order valence-electron chi connectivity index (χ0n) is 29.3. The smallest absolute Gasteiger partial charge is 0.410 e. The molecule has 0 aliphatic carbocycles. The molecule has 0 unspecified atom stereocenters. The van der Waals surface area contributed by atoms with Crippen molar-refractivity contribution in [3.8, 4) is 5.75 Å². The molecule has 1 saturated heterocycles. The Morgan fingerprint density at radius 1 is 1.10 bits per heavy atom. The predicted octanol–water partition coefficient (Wildman–Crippen LogP) is 4.05. The number of H-pyrrole nitrogens is 1. The lowest BCUT2D eigenvalue weighted by Gasteiger charge is -2.35. The fourth-order valence-electron chi connectivity index (χ4n) is 6.17. The van der Waals surface area contributed by atoms with Crippen molar-refractivity contribution in [2.45, 2.75) is 60.6 Å². The van der Waals surface area contributed by atoms with E-state index in [-0.39, 0.29) is 46.9 Å². The van der Waals surface area contributed by atoms with Gasteiger partial charge in [-0.15, -0.1) is 0 Å². The summed E-state index contributed by atoms with van der Waals surface area (Å²) < 4.78 is 11.0. The standard InChI is InChI=1S/C34H44ClN9O5/c1-18-16-38-24(20(3)27(18)48-8)17-44-29-26(28(35)40-32(36)41-29)22(31(44)46)15-23-19(2)25(21(4)39-23)30(45)37-9-10-42-11-13-43(14-12-42)33(47)49-34(5,6)7/h15-16,39H,9-14,17H2,1-8H3,(H,37,45)(H2,36,40,41). The molecule has 2 aliphatic rings. The molecule has 3 amide bonds. The Kier molecular flexibility index (Phi) is 10.2. The quantitative estimate of drug-likeness (QED) is 0.231. The number of carbonyl (C=O) groups is 3. The predicted molar refractivity (Wildman–Crippen MR) is 188 cm³/mol. The van der Waals surface area contributed by atoms with Gasteiger partial charge in [-0.2, -0.15) is 4.98 Å². The zero-order chi connectivity index (χ0) is 35.8. The number of halogens is 1. The second-order valence-electron chi connectivity index (χ2n) is 13.3. The molecule has 14 nitrogen and oxygen atoms in total. The number of aryl methyl sites for hydroxylation is 2. The average Bonchev–Trinajstić information content (AvgIpc) is 3.45. The first kappa shape index (κ1) is 35.6. The number of amides is 3. The van der Waals surface area contributed by atoms with E-state index in [0.717, 1.165) is 11.1 Å². The van der Waals surface area contributed by atoms with E-state index in [1.165, 1.54) is 4.90 Å². The lowest BCUT2D eigenvalue weighted by atomic mass is 10.1. The Balaban J connectivity index is 1.30. The maximum atomic E-state index is 14.0. The number of hydrogen-bond donors (Lipinski definition) is 3. The highest BCUT2D eigenvalue weighted by atomic mass is 35.5. The maximum Gasteiger partial charge on any atom is 0.410 e. The van der Waals surface area contributed by atoms with Crippen molar-refractivity contribution < 1.29 is 23.9 Å². The molecule has 4 N–H and O–H groups in total. The van der Waals surface area contributed by atoms with Gasteiger partial charge in [0.1, 0.15) is 16.5 Å². The van der Waals surface area contributed by atoms with Gasteiger partial charge in [0, 0.05) is 68.0 Å². The van der Waals surface area contributed by atoms with E-state index in [0.29, 0.717) is 78.8 Å². The van der Waals surface area contributed by atoms with Gasteiger partial charge in [-0.1, -0.05) is 11.6 Å². The molecule has 3 aromatic rings. The molecule has 5 heterocycles. The fourth-order valence-corrected chi connectivity index (χ4v) is 6.45. The van der Waals surface area contributed by atoms with Crippen molar-refractivity contribution in [3.63, 3.8) is 0 Å². The summed E-state index contributed by atoms with van der Waals surface area (Å²) in [7, 11) is 1.59. The van der Waals surface area contributed by atoms with Crippen LogP contribution in [0.1, 0.15) is 70.5 Å². The van der Waals surface area contributed by atoms with Crippen molar-refractivity contribution in [1.29, 1.82) is 0 Å². The number of nitrogens with two attached hydrogens (primary N) is 1. The number of hydrogen-bond acceptors (Lipinski definition) is 10. The number of pyridine rings is 1. The first-order valence-electron chi connectivity index (χ1n) is 16.1. The number of nitrogens with zero attached hydrogens (tertiary/aromatic N) is 6. The number of aromatic amines is 1. The summed E-state index contributed by atoms with van der Waals surface area (Å²) in [5.74, 6) is 0.316. The van der Waals surface area contributed by atoms with Crippen LogP contribution in [0.5, 0.6) is 5.75 Å². The monoisotopic (exact) mass is 693 g/mol. The van der Waals surface area contributed by atoms with Crippen molar-refractivity contribution in [1.82, 2.24) is 35.1 Å². The van der Waals surface area contributed by atoms with Crippen molar-refractivity contribution in [3.05, 3.63) is 56.2 Å². The van der Waals surface area contributed by atoms with E-state index < -0.39 is 5.60 Å². The zero-order valence-corrected chi connectivity index (χ0v) is 30.0. The average molecular weight is 694 g/mol. The topological polar surface area (TPSA) is 172 Å². The molecular formula is C34H44ClN9O5. The summed E-state index contributed by atoms with van der Waals surface area (Å²) in [6.45, 7) is 16.6. The minimum Gasteiger partial charge on any atom is -0.496 e. The van der Waals surface area contributed by atoms with Gasteiger partial charge in [0.2, 0.25) is 5.95 Å². The van der Waals surface area contributed by atoms with Crippen molar-refractivity contribution in [2.75, 3.05) is 57.0 Å². The third-order valence-electron chi connectivity index (χ3n) is 8.65. The minimum atomic E-state index is -0.537. The van der Waals surface area contributed by atoms with Crippen LogP contribution in [-0.2, 0) is 16.1 Å². The van der Waals surface area contributed by atoms with E-state index in [1.54, 1.807) is 24.3 Å². The van der Waals surface area contributed by atoms with Crippen LogP contribution in [0.4, 0.5) is 16.6 Å². The van der Waals surface area contributed by atoms with Crippen LogP contribution < -0.4 is 20.7 Å². The number of aromatic nitrogens is 4. The molecule has 2 aliphatic heterocycles. The molecule has 1 fully saturated rings. The number of nitrogen functional groups attached to an aromatic ring is 1. The van der Waals surface area contributed by atoms with Gasteiger partial charge in [-0.25, -0.2) is 9.78 Å². The highest BCUT2D eigenvalue weighted by molar-refractivity contribution is 6.41. The molecule has 0 saturated carbocycles. The molecule has 0 spiro atoms. The fraction of sp³-hybridized carbons (Fsp3) is 0.471. The normalized spacial score (nSPS) is 15.9. The molecule has 3 aromatic heterocycles. The van der Waals surface area contributed by atoms with Crippen LogP contribution in [0.25, 0.3) is 11.6 Å². The van der Waals surface area contributed by atoms with E-state index in [2.05, 4.69) is 30.2 Å². The highest BCUT2D eigenvalue weighted by Crippen LogP contribution is 2.42. The van der Waals surface area contributed by atoms with Crippen LogP contribution in [0.2, 0.25) is 5.15 Å². The number of carbonyl (C=O) groups excluding carboxylic acids is 3. The summed E-state index contributed by atoms with van der Waals surface area (Å²) in [5, 5.41) is 3.06. The molecule has 49 heavy (non-hydrogen) atoms. The number of rotatable bonds is 8. The van der Waals surface area contributed by atoms with Gasteiger partial charge in [0.05, 0.1) is 36.0 Å². The largest absolute Gasteiger partial charge is 0.496 e. The number of anilines is 2. The lowest BCUT2D eigenvalue weighted by molar-refractivity contribution is -0.113. The van der Waals surface area contributed by atoms with Gasteiger partial charge < -0.3 is 30.4 Å². The van der Waals surface area contributed by atoms with Gasteiger partial charge in [-0.05, 0) is 60.1 Å². The molecule has 5 rings (SSSR count). The summed E-state index contributed by atoms with van der Waals surface area (Å²) in [5.41, 5.74) is 10.7. The van der Waals surface area contributed by atoms with E-state index in [4.69, 9.17) is 26.8 Å². The number of piperazine rings is 1. The number of nitrogens with one attached hydrogen (secondary N) is 2. The van der Waals surface area contributed by atoms with Crippen molar-refractivity contribution in [2.24, 2.45) is 0 Å². The minimum absolute atomic E-state index is 0.0431. The molecule has 15 heteroatoms. The molecule has 0 bridgehead atoms. The van der Waals surface area contributed by atoms with Crippen molar-refractivity contribution >= 4 is 52.9 Å². The maximum absolute atomic E-state index is 14.0. The Morgan fingerprint density at radius 2 is 1.80 bits per heavy atom. The molecule has 262 valence electrons. The summed E-state index contributed by atoms with van der Waals surface area (Å²) in [4.78, 5) is 61.5. The Hall–Kier alpha value is -4.69. The second kappa shape index (κ2) is 14.0. The molecular weight excluding hydrogens is 650 g/mol. The first-order valence-corrected chi connectivity index (χ1v) is 16.5. The molecule has 0 atom stereocenters. The third kappa shape index (κ3) is 7.49. The Bertz CT molecular complexity index is 1820. The van der Waals surface area contributed by atoms with Crippen LogP contribution in [0.3, 0.4) is 0 Å². The van der Waals surface area contributed by atoms with Crippen LogP contribution in [-0.4, -0.2) is 99.6 Å². The van der Waals surface area contributed by atoms with Gasteiger partial charge >= 0.3 is 6.09 Å². The summed E-state index contributed by atoms with van der Waals surface area (Å²) in [6.07, 6.45) is 3.06. The van der Waals surface area contributed by atoms with E-state index >= 15 is 0 Å². The summed E-state index contributed by atoms with van der Waals surface area (Å²) in [6, 6.07) is 0. The summed E-state index contributed by atoms with van der Waals surface area (Å²) >= 11 is 6.58. The number of methoxy groups -OCH3 is 1. The van der Waals surface area contributed by atoms with Gasteiger partial charge in [0.15, 0.2) is 5.82 Å².